The maximum atomic E-state index is 10.3. The molecule has 0 bridgehead atoms. The Labute approximate surface area is 43.9 Å². The Kier molecular flexibility index (Phi) is 1.61. The Morgan fingerprint density at radius 3 is 2.71 bits per heavy atom. The van der Waals surface area contributed by atoms with Crippen molar-refractivity contribution in [3.63, 3.8) is 0 Å². The van der Waals surface area contributed by atoms with Crippen molar-refractivity contribution in [2.45, 2.75) is 0 Å². The molecule has 5 heteroatoms. The Morgan fingerprint density at radius 1 is 1.57 bits per heavy atom. The van der Waals surface area contributed by atoms with Crippen molar-refractivity contribution >= 4 is 22.3 Å². The number of hydrogen-bond acceptors (Lipinski definition) is 3. The van der Waals surface area contributed by atoms with Crippen molar-refractivity contribution in [1.82, 2.24) is 0 Å². The smallest absolute Gasteiger partial charge is 0.212 e. The fourth-order valence-electron chi connectivity index (χ4n) is 0.222. The normalized spacial score (nSPS) is 22.6. The number of carbonyl (C=O) groups is 1. The van der Waals surface area contributed by atoms with Gasteiger partial charge >= 0.3 is 0 Å². The molecule has 3 nitrogen and oxygen atoms in total. The van der Waals surface area contributed by atoms with Crippen LogP contribution >= 0.6 is 16.7 Å². The average molecular weight is 132 g/mol. The third-order valence-corrected chi connectivity index (χ3v) is 2.06. The minimum Gasteiger partial charge on any atom is -0.287 e. The zero-order valence-corrected chi connectivity index (χ0v) is 5.19. The molecule has 0 N–H and O–H groups in total. The second kappa shape index (κ2) is 2.25. The van der Waals surface area contributed by atoms with Gasteiger partial charge in [0, 0.05) is 8.37 Å². The summed E-state index contributed by atoms with van der Waals surface area (Å²) in [6.45, 7) is 0. The van der Waals surface area contributed by atoms with E-state index in [-0.39, 0.29) is 5.52 Å². The summed E-state index contributed by atoms with van der Waals surface area (Å²) in [5.41, 5.74) is 0.164. The summed E-state index contributed by atoms with van der Waals surface area (Å²) >= 11 is 0. The van der Waals surface area contributed by atoms with Crippen molar-refractivity contribution in [2.24, 2.45) is 9.71 Å². The third kappa shape index (κ3) is 1.42. The molecule has 0 saturated heterocycles. The van der Waals surface area contributed by atoms with Gasteiger partial charge in [0.1, 0.15) is 8.37 Å². The van der Waals surface area contributed by atoms with E-state index in [0.717, 1.165) is 8.37 Å². The molecular formula is C2H2N2OP2. The molecule has 1 rings (SSSR count). The predicted octanol–water partition coefficient (Wildman–Crippen LogP) is 1.70. The Morgan fingerprint density at radius 2 is 2.43 bits per heavy atom. The lowest BCUT2D eigenvalue weighted by Crippen LogP contribution is -1.85. The highest BCUT2D eigenvalue weighted by molar-refractivity contribution is 7.52. The van der Waals surface area contributed by atoms with E-state index in [9.17, 15) is 4.79 Å². The summed E-state index contributed by atoms with van der Waals surface area (Å²) in [4.78, 5) is 17.4. The van der Waals surface area contributed by atoms with Gasteiger partial charge in [0.15, 0.2) is 0 Å². The van der Waals surface area contributed by atoms with E-state index < -0.39 is 0 Å². The highest BCUT2D eigenvalue weighted by Gasteiger charge is 1.97. The number of nitrogens with zero attached hydrogens (tertiary/aromatic N) is 2. The first-order valence-corrected chi connectivity index (χ1v) is 3.58. The molecule has 1 aliphatic rings. The summed E-state index contributed by atoms with van der Waals surface area (Å²) in [5.74, 6) is 0. The number of rotatable bonds is 0. The van der Waals surface area contributed by atoms with Crippen LogP contribution in [0.25, 0.3) is 0 Å². The maximum Gasteiger partial charge on any atom is 0.212 e. The first-order valence-electron chi connectivity index (χ1n) is 1.70. The lowest BCUT2D eigenvalue weighted by Gasteiger charge is -1.84. The molecule has 0 aromatic carbocycles. The molecule has 0 fully saturated rings. The fraction of sp³-hybridized carbons (Fsp3) is 0.500. The molecule has 0 saturated carbocycles. The molecule has 0 spiro atoms. The van der Waals surface area contributed by atoms with Crippen molar-refractivity contribution in [3.05, 3.63) is 0 Å². The van der Waals surface area contributed by atoms with Gasteiger partial charge in [-0.15, -0.1) is 9.71 Å². The Balaban J connectivity index is 2.66. The van der Waals surface area contributed by atoms with Gasteiger partial charge in [0.25, 0.3) is 0 Å². The highest BCUT2D eigenvalue weighted by atomic mass is 31.1. The Bertz CT molecular complexity index is 141. The largest absolute Gasteiger partial charge is 0.287 e. The predicted molar refractivity (Wildman–Crippen MR) is 28.6 cm³/mol. The van der Waals surface area contributed by atoms with Crippen molar-refractivity contribution in [2.75, 3.05) is 6.16 Å². The van der Waals surface area contributed by atoms with Crippen LogP contribution in [0.15, 0.2) is 9.71 Å². The molecule has 1 aliphatic heterocycles. The SMILES string of the molecule is O=C1CP=NN=P1. The monoisotopic (exact) mass is 132 g/mol. The minimum absolute atomic E-state index is 0.164. The van der Waals surface area contributed by atoms with E-state index in [1.165, 1.54) is 0 Å². The van der Waals surface area contributed by atoms with Crippen molar-refractivity contribution in [3.8, 4) is 0 Å². The lowest BCUT2D eigenvalue weighted by atomic mass is 10.9. The van der Waals surface area contributed by atoms with Crippen LogP contribution in [-0.4, -0.2) is 11.7 Å². The first kappa shape index (κ1) is 5.02. The molecule has 0 amide bonds. The van der Waals surface area contributed by atoms with Crippen LogP contribution < -0.4 is 0 Å². The average Bonchev–Trinajstić information content (AvgIpc) is 1.69. The van der Waals surface area contributed by atoms with Crippen LogP contribution in [0.5, 0.6) is 0 Å². The van der Waals surface area contributed by atoms with Crippen LogP contribution in [0.1, 0.15) is 0 Å². The molecule has 0 unspecified atom stereocenters. The molecule has 0 aromatic rings. The molecule has 36 valence electrons. The summed E-state index contributed by atoms with van der Waals surface area (Å²) < 4.78 is 0. The van der Waals surface area contributed by atoms with Crippen LogP contribution in [-0.2, 0) is 4.79 Å². The van der Waals surface area contributed by atoms with Gasteiger partial charge in [-0.25, -0.2) is 0 Å². The summed E-state index contributed by atoms with van der Waals surface area (Å²) in [6, 6.07) is 0. The van der Waals surface area contributed by atoms with Crippen molar-refractivity contribution < 1.29 is 4.79 Å². The molecule has 0 aliphatic carbocycles. The third-order valence-electron chi connectivity index (χ3n) is 0.465. The summed E-state index contributed by atoms with van der Waals surface area (Å²) in [6.07, 6.45) is 0.547. The second-order valence-corrected chi connectivity index (χ2v) is 2.63. The first-order chi connectivity index (χ1) is 3.39. The number of carbonyl (C=O) groups excluding carboxylic acids is 1. The second-order valence-electron chi connectivity index (χ2n) is 0.972. The van der Waals surface area contributed by atoms with Gasteiger partial charge in [-0.1, -0.05) is 0 Å². The van der Waals surface area contributed by atoms with Crippen LogP contribution in [0.4, 0.5) is 0 Å². The summed E-state index contributed by atoms with van der Waals surface area (Å²) in [5, 5.41) is 0. The van der Waals surface area contributed by atoms with Gasteiger partial charge in [0.05, 0.1) is 6.16 Å². The number of hydrogen-bond donors (Lipinski definition) is 0. The fourth-order valence-corrected chi connectivity index (χ4v) is 1.33. The van der Waals surface area contributed by atoms with Crippen LogP contribution in [0.2, 0.25) is 0 Å². The van der Waals surface area contributed by atoms with E-state index in [0.29, 0.717) is 14.5 Å². The molecular weight excluding hydrogens is 130 g/mol. The van der Waals surface area contributed by atoms with Gasteiger partial charge in [-0.05, 0) is 0 Å². The standard InChI is InChI=1S/C2H2N2OP2/c5-2-1-6-3-4-7-2/h1H2. The molecule has 0 atom stereocenters. The lowest BCUT2D eigenvalue weighted by molar-refractivity contribution is -0.109. The van der Waals surface area contributed by atoms with E-state index in [1.807, 2.05) is 0 Å². The molecule has 0 radical (unpaired) electrons. The molecule has 7 heavy (non-hydrogen) atoms. The van der Waals surface area contributed by atoms with E-state index in [4.69, 9.17) is 0 Å². The molecule has 1 heterocycles. The van der Waals surface area contributed by atoms with Crippen LogP contribution in [0.3, 0.4) is 0 Å². The maximum absolute atomic E-state index is 10.3. The quantitative estimate of drug-likeness (QED) is 0.462. The van der Waals surface area contributed by atoms with E-state index in [1.54, 1.807) is 0 Å². The zero-order valence-electron chi connectivity index (χ0n) is 3.40. The van der Waals surface area contributed by atoms with Gasteiger partial charge in [0.2, 0.25) is 5.52 Å². The Hall–Kier alpha value is -0.130. The van der Waals surface area contributed by atoms with Gasteiger partial charge < -0.3 is 0 Å². The molecule has 0 aromatic heterocycles. The zero-order chi connectivity index (χ0) is 5.11. The van der Waals surface area contributed by atoms with Crippen molar-refractivity contribution in [1.29, 1.82) is 0 Å². The summed E-state index contributed by atoms with van der Waals surface area (Å²) in [7, 11) is 1.30. The van der Waals surface area contributed by atoms with Gasteiger partial charge in [-0.3, -0.25) is 4.79 Å². The van der Waals surface area contributed by atoms with Crippen LogP contribution in [0, 0.1) is 0 Å². The van der Waals surface area contributed by atoms with Gasteiger partial charge in [-0.2, -0.15) is 0 Å². The highest BCUT2D eigenvalue weighted by Crippen LogP contribution is 2.16. The topological polar surface area (TPSA) is 41.8 Å². The van der Waals surface area contributed by atoms with E-state index in [2.05, 4.69) is 9.71 Å². The van der Waals surface area contributed by atoms with E-state index >= 15 is 0 Å². The minimum atomic E-state index is 0.164.